The zero-order valence-electron chi connectivity index (χ0n) is 11.8. The minimum Gasteiger partial charge on any atom is -0.497 e. The van der Waals surface area contributed by atoms with Crippen LogP contribution in [0.2, 0.25) is 0 Å². The van der Waals surface area contributed by atoms with Crippen LogP contribution in [-0.4, -0.2) is 31.5 Å². The molecular weight excluding hydrogens is 273 g/mol. The summed E-state index contributed by atoms with van der Waals surface area (Å²) in [7, 11) is 1.60. The molecule has 0 fully saturated rings. The molecule has 1 atom stereocenters. The minimum absolute atomic E-state index is 0.0179. The number of aliphatic hydroxyl groups excluding tert-OH is 1. The summed E-state index contributed by atoms with van der Waals surface area (Å²) in [6, 6.07) is 13.5. The summed E-state index contributed by atoms with van der Waals surface area (Å²) in [6.07, 6.45) is -0.744. The maximum absolute atomic E-state index is 13.3. The van der Waals surface area contributed by atoms with Gasteiger partial charge in [-0.25, -0.2) is 4.39 Å². The number of methoxy groups -OCH3 is 1. The molecule has 0 spiro atoms. The van der Waals surface area contributed by atoms with Crippen molar-refractivity contribution in [1.82, 2.24) is 0 Å². The Kier molecular flexibility index (Phi) is 5.40. The summed E-state index contributed by atoms with van der Waals surface area (Å²) < 4.78 is 23.6. The fourth-order valence-corrected chi connectivity index (χ4v) is 1.75. The van der Waals surface area contributed by atoms with E-state index < -0.39 is 11.9 Å². The highest BCUT2D eigenvalue weighted by Gasteiger charge is 2.07. The van der Waals surface area contributed by atoms with Crippen molar-refractivity contribution in [2.75, 3.05) is 25.6 Å². The van der Waals surface area contributed by atoms with Crippen molar-refractivity contribution in [3.05, 3.63) is 54.3 Å². The number of ether oxygens (including phenoxy) is 2. The molecule has 0 saturated carbocycles. The van der Waals surface area contributed by atoms with Crippen molar-refractivity contribution >= 4 is 5.69 Å². The molecule has 0 amide bonds. The average Bonchev–Trinajstić information content (AvgIpc) is 2.52. The lowest BCUT2D eigenvalue weighted by molar-refractivity contribution is 0.115. The van der Waals surface area contributed by atoms with Crippen LogP contribution in [-0.2, 0) is 0 Å². The number of rotatable bonds is 7. The Morgan fingerprint density at radius 2 is 1.86 bits per heavy atom. The molecule has 0 aliphatic carbocycles. The Labute approximate surface area is 123 Å². The first-order valence-corrected chi connectivity index (χ1v) is 6.62. The fourth-order valence-electron chi connectivity index (χ4n) is 1.75. The Balaban J connectivity index is 1.76. The van der Waals surface area contributed by atoms with Gasteiger partial charge < -0.3 is 19.9 Å². The van der Waals surface area contributed by atoms with Crippen molar-refractivity contribution in [3.8, 4) is 11.5 Å². The minimum atomic E-state index is -0.744. The van der Waals surface area contributed by atoms with Gasteiger partial charge in [0.15, 0.2) is 11.6 Å². The van der Waals surface area contributed by atoms with E-state index in [0.717, 1.165) is 11.4 Å². The second-order valence-corrected chi connectivity index (χ2v) is 4.50. The van der Waals surface area contributed by atoms with Gasteiger partial charge in [0.1, 0.15) is 18.5 Å². The van der Waals surface area contributed by atoms with E-state index in [-0.39, 0.29) is 12.4 Å². The molecule has 1 unspecified atom stereocenters. The van der Waals surface area contributed by atoms with Crippen LogP contribution >= 0.6 is 0 Å². The number of nitrogens with one attached hydrogen (secondary N) is 1. The standard InChI is InChI=1S/C16H18FNO3/c1-20-14-8-6-12(7-9-14)18-10-13(19)11-21-16-5-3-2-4-15(16)17/h2-9,13,18-19H,10-11H2,1H3. The highest BCUT2D eigenvalue weighted by atomic mass is 19.1. The third kappa shape index (κ3) is 4.65. The number of aliphatic hydroxyl groups is 1. The van der Waals surface area contributed by atoms with E-state index in [1.165, 1.54) is 12.1 Å². The third-order valence-electron chi connectivity index (χ3n) is 2.90. The van der Waals surface area contributed by atoms with Crippen molar-refractivity contribution in [3.63, 3.8) is 0 Å². The highest BCUT2D eigenvalue weighted by molar-refractivity contribution is 5.46. The monoisotopic (exact) mass is 291 g/mol. The summed E-state index contributed by atoms with van der Waals surface area (Å²) in [6.45, 7) is 0.324. The van der Waals surface area contributed by atoms with Gasteiger partial charge in [0.05, 0.1) is 7.11 Å². The lowest BCUT2D eigenvalue weighted by Crippen LogP contribution is -2.26. The molecule has 2 aromatic carbocycles. The Morgan fingerprint density at radius 1 is 1.14 bits per heavy atom. The van der Waals surface area contributed by atoms with Crippen LogP contribution in [0.25, 0.3) is 0 Å². The van der Waals surface area contributed by atoms with Crippen LogP contribution < -0.4 is 14.8 Å². The predicted octanol–water partition coefficient (Wildman–Crippen LogP) is 2.69. The summed E-state index contributed by atoms with van der Waals surface area (Å²) in [5.41, 5.74) is 0.862. The van der Waals surface area contributed by atoms with Gasteiger partial charge in [0.25, 0.3) is 0 Å². The van der Waals surface area contributed by atoms with Crippen molar-refractivity contribution in [2.24, 2.45) is 0 Å². The molecule has 0 heterocycles. The first kappa shape index (κ1) is 15.1. The molecule has 2 rings (SSSR count). The van der Waals surface area contributed by atoms with Crippen LogP contribution in [0.5, 0.6) is 11.5 Å². The molecular formula is C16H18FNO3. The second-order valence-electron chi connectivity index (χ2n) is 4.50. The molecule has 5 heteroatoms. The summed E-state index contributed by atoms with van der Waals surface area (Å²) in [5, 5.41) is 12.9. The average molecular weight is 291 g/mol. The normalized spacial score (nSPS) is 11.8. The van der Waals surface area contributed by atoms with E-state index >= 15 is 0 Å². The smallest absolute Gasteiger partial charge is 0.165 e. The lowest BCUT2D eigenvalue weighted by atomic mass is 10.3. The van der Waals surface area contributed by atoms with Gasteiger partial charge in [0.2, 0.25) is 0 Å². The Morgan fingerprint density at radius 3 is 2.52 bits per heavy atom. The molecule has 0 bridgehead atoms. The number of hydrogen-bond donors (Lipinski definition) is 2. The first-order chi connectivity index (χ1) is 10.2. The van der Waals surface area contributed by atoms with E-state index in [1.54, 1.807) is 19.2 Å². The number of benzene rings is 2. The molecule has 0 radical (unpaired) electrons. The Bertz CT molecular complexity index is 560. The molecule has 0 aromatic heterocycles. The zero-order chi connectivity index (χ0) is 15.1. The molecule has 21 heavy (non-hydrogen) atoms. The molecule has 0 aliphatic heterocycles. The van der Waals surface area contributed by atoms with Crippen LogP contribution in [0.15, 0.2) is 48.5 Å². The molecule has 112 valence electrons. The SMILES string of the molecule is COc1ccc(NCC(O)COc2ccccc2F)cc1. The maximum Gasteiger partial charge on any atom is 0.165 e. The molecule has 2 aromatic rings. The summed E-state index contributed by atoms with van der Waals surface area (Å²) in [5.74, 6) is 0.470. The maximum atomic E-state index is 13.3. The number of anilines is 1. The van der Waals surface area contributed by atoms with Crippen molar-refractivity contribution in [1.29, 1.82) is 0 Å². The summed E-state index contributed by atoms with van der Waals surface area (Å²) in [4.78, 5) is 0. The van der Waals surface area contributed by atoms with Gasteiger partial charge in [-0.15, -0.1) is 0 Å². The molecule has 2 N–H and O–H groups in total. The van der Waals surface area contributed by atoms with Gasteiger partial charge in [0, 0.05) is 12.2 Å². The van der Waals surface area contributed by atoms with Gasteiger partial charge in [-0.3, -0.25) is 0 Å². The molecule has 0 saturated heterocycles. The van der Waals surface area contributed by atoms with E-state index in [9.17, 15) is 9.50 Å². The topological polar surface area (TPSA) is 50.7 Å². The predicted molar refractivity (Wildman–Crippen MR) is 79.4 cm³/mol. The first-order valence-electron chi connectivity index (χ1n) is 6.62. The van der Waals surface area contributed by atoms with Crippen LogP contribution in [0, 0.1) is 5.82 Å². The van der Waals surface area contributed by atoms with Crippen LogP contribution in [0.1, 0.15) is 0 Å². The van der Waals surface area contributed by atoms with Crippen molar-refractivity contribution < 1.29 is 19.0 Å². The van der Waals surface area contributed by atoms with Gasteiger partial charge in [-0.1, -0.05) is 12.1 Å². The van der Waals surface area contributed by atoms with Crippen LogP contribution in [0.3, 0.4) is 0 Å². The second kappa shape index (κ2) is 7.50. The van der Waals surface area contributed by atoms with E-state index in [0.29, 0.717) is 6.54 Å². The highest BCUT2D eigenvalue weighted by Crippen LogP contribution is 2.16. The van der Waals surface area contributed by atoms with Gasteiger partial charge in [-0.05, 0) is 36.4 Å². The number of hydrogen-bond acceptors (Lipinski definition) is 4. The Hall–Kier alpha value is -2.27. The van der Waals surface area contributed by atoms with E-state index in [1.807, 2.05) is 24.3 Å². The zero-order valence-corrected chi connectivity index (χ0v) is 11.8. The quantitative estimate of drug-likeness (QED) is 0.823. The molecule has 0 aliphatic rings. The summed E-state index contributed by atoms with van der Waals surface area (Å²) >= 11 is 0. The van der Waals surface area contributed by atoms with Crippen molar-refractivity contribution in [2.45, 2.75) is 6.10 Å². The molecule has 4 nitrogen and oxygen atoms in total. The van der Waals surface area contributed by atoms with Gasteiger partial charge >= 0.3 is 0 Å². The number of para-hydroxylation sites is 1. The van der Waals surface area contributed by atoms with Gasteiger partial charge in [-0.2, -0.15) is 0 Å². The van der Waals surface area contributed by atoms with E-state index in [2.05, 4.69) is 5.32 Å². The fraction of sp³-hybridized carbons (Fsp3) is 0.250. The van der Waals surface area contributed by atoms with E-state index in [4.69, 9.17) is 9.47 Å². The lowest BCUT2D eigenvalue weighted by Gasteiger charge is -2.14. The third-order valence-corrected chi connectivity index (χ3v) is 2.90. The largest absolute Gasteiger partial charge is 0.497 e. The van der Waals surface area contributed by atoms with Crippen LogP contribution in [0.4, 0.5) is 10.1 Å². The number of halogens is 1.